The van der Waals surface area contributed by atoms with E-state index in [4.69, 9.17) is 11.6 Å². The highest BCUT2D eigenvalue weighted by Gasteiger charge is 2.17. The van der Waals surface area contributed by atoms with Gasteiger partial charge in [-0.25, -0.2) is 12.8 Å². The molecule has 0 bridgehead atoms. The summed E-state index contributed by atoms with van der Waals surface area (Å²) in [6, 6.07) is 16.3. The third-order valence-electron chi connectivity index (χ3n) is 3.91. The molecule has 0 radical (unpaired) electrons. The lowest BCUT2D eigenvalue weighted by atomic mass is 10.2. The number of hydrogen-bond donors (Lipinski definition) is 3. The molecule has 30 heavy (non-hydrogen) atoms. The lowest BCUT2D eigenvalue weighted by Crippen LogP contribution is -2.41. The number of carbonyl (C=O) groups excluding carboxylic acids is 2. The summed E-state index contributed by atoms with van der Waals surface area (Å²) in [6.45, 7) is 0. The van der Waals surface area contributed by atoms with Gasteiger partial charge in [0.1, 0.15) is 5.82 Å². The number of sulfonamides is 1. The van der Waals surface area contributed by atoms with Gasteiger partial charge in [0, 0.05) is 11.3 Å². The molecule has 0 spiro atoms. The summed E-state index contributed by atoms with van der Waals surface area (Å²) in [7, 11) is -4.02. The zero-order valence-electron chi connectivity index (χ0n) is 15.2. The second-order valence-electron chi connectivity index (χ2n) is 6.03. The summed E-state index contributed by atoms with van der Waals surface area (Å²) in [4.78, 5) is 24.3. The van der Waals surface area contributed by atoms with Crippen LogP contribution in [0.15, 0.2) is 77.7 Å². The Bertz CT molecular complexity index is 1200. The van der Waals surface area contributed by atoms with Crippen molar-refractivity contribution in [3.05, 3.63) is 94.8 Å². The number of hydrogen-bond acceptors (Lipinski definition) is 4. The normalized spacial score (nSPS) is 10.9. The van der Waals surface area contributed by atoms with Crippen LogP contribution in [0.1, 0.15) is 20.7 Å². The first-order valence-electron chi connectivity index (χ1n) is 8.50. The molecule has 0 fully saturated rings. The highest BCUT2D eigenvalue weighted by molar-refractivity contribution is 7.92. The minimum Gasteiger partial charge on any atom is -0.280 e. The fourth-order valence-corrected chi connectivity index (χ4v) is 3.76. The molecule has 154 valence electrons. The van der Waals surface area contributed by atoms with Crippen molar-refractivity contribution in [2.24, 2.45) is 0 Å². The zero-order chi connectivity index (χ0) is 21.7. The lowest BCUT2D eigenvalue weighted by molar-refractivity contribution is 0.0846. The van der Waals surface area contributed by atoms with Gasteiger partial charge in [0.25, 0.3) is 21.8 Å². The molecule has 2 amide bonds. The summed E-state index contributed by atoms with van der Waals surface area (Å²) < 4.78 is 40.3. The van der Waals surface area contributed by atoms with Gasteiger partial charge in [-0.15, -0.1) is 0 Å². The van der Waals surface area contributed by atoms with E-state index in [1.54, 1.807) is 12.1 Å². The smallest absolute Gasteiger partial charge is 0.271 e. The number of carbonyl (C=O) groups is 2. The van der Waals surface area contributed by atoms with Crippen molar-refractivity contribution in [3.63, 3.8) is 0 Å². The Morgan fingerprint density at radius 2 is 1.50 bits per heavy atom. The van der Waals surface area contributed by atoms with Crippen LogP contribution in [0.25, 0.3) is 0 Å². The van der Waals surface area contributed by atoms with Crippen molar-refractivity contribution >= 4 is 39.1 Å². The number of amides is 2. The van der Waals surface area contributed by atoms with Crippen molar-refractivity contribution in [2.75, 3.05) is 4.72 Å². The highest BCUT2D eigenvalue weighted by Crippen LogP contribution is 2.18. The van der Waals surface area contributed by atoms with Crippen LogP contribution in [0.2, 0.25) is 5.02 Å². The van der Waals surface area contributed by atoms with Gasteiger partial charge in [-0.2, -0.15) is 0 Å². The maximum Gasteiger partial charge on any atom is 0.271 e. The quantitative estimate of drug-likeness (QED) is 0.521. The Hall–Kier alpha value is -3.43. The first kappa shape index (κ1) is 21.3. The maximum atomic E-state index is 13.0. The first-order valence-corrected chi connectivity index (χ1v) is 10.4. The zero-order valence-corrected chi connectivity index (χ0v) is 16.8. The summed E-state index contributed by atoms with van der Waals surface area (Å²) >= 11 is 5.93. The molecule has 0 saturated carbocycles. The first-order chi connectivity index (χ1) is 14.3. The van der Waals surface area contributed by atoms with E-state index in [1.807, 2.05) is 0 Å². The molecule has 3 aromatic carbocycles. The summed E-state index contributed by atoms with van der Waals surface area (Å²) in [6.07, 6.45) is 0. The van der Waals surface area contributed by atoms with Crippen molar-refractivity contribution < 1.29 is 22.4 Å². The number of halogens is 2. The van der Waals surface area contributed by atoms with E-state index in [1.165, 1.54) is 42.5 Å². The van der Waals surface area contributed by atoms with Crippen LogP contribution < -0.4 is 15.6 Å². The SMILES string of the molecule is O=C(NNC(=O)c1ccccc1Cl)c1cccc(S(=O)(=O)Nc2ccc(F)cc2)c1. The van der Waals surface area contributed by atoms with Crippen LogP contribution in [0.5, 0.6) is 0 Å². The van der Waals surface area contributed by atoms with E-state index in [2.05, 4.69) is 15.6 Å². The van der Waals surface area contributed by atoms with Gasteiger partial charge in [0.2, 0.25) is 0 Å². The number of rotatable bonds is 5. The van der Waals surface area contributed by atoms with Crippen molar-refractivity contribution in [1.82, 2.24) is 10.9 Å². The number of nitrogens with one attached hydrogen (secondary N) is 3. The van der Waals surface area contributed by atoms with Crippen LogP contribution in [-0.4, -0.2) is 20.2 Å². The Labute approximate surface area is 176 Å². The molecule has 0 atom stereocenters. The van der Waals surface area contributed by atoms with E-state index in [9.17, 15) is 22.4 Å². The molecule has 7 nitrogen and oxygen atoms in total. The van der Waals surface area contributed by atoms with Gasteiger partial charge in [0.15, 0.2) is 0 Å². The second-order valence-corrected chi connectivity index (χ2v) is 8.12. The van der Waals surface area contributed by atoms with Crippen molar-refractivity contribution in [3.8, 4) is 0 Å². The van der Waals surface area contributed by atoms with Gasteiger partial charge in [-0.3, -0.25) is 25.2 Å². The molecule has 0 aliphatic carbocycles. The van der Waals surface area contributed by atoms with Gasteiger partial charge in [-0.1, -0.05) is 29.8 Å². The monoisotopic (exact) mass is 447 g/mol. The maximum absolute atomic E-state index is 13.0. The predicted octanol–water partition coefficient (Wildman–Crippen LogP) is 3.35. The summed E-state index contributed by atoms with van der Waals surface area (Å²) in [5.41, 5.74) is 4.75. The average Bonchev–Trinajstić information content (AvgIpc) is 2.73. The third-order valence-corrected chi connectivity index (χ3v) is 5.62. The van der Waals surface area contributed by atoms with E-state index in [-0.39, 0.29) is 26.7 Å². The minimum atomic E-state index is -4.02. The second kappa shape index (κ2) is 8.93. The molecule has 0 unspecified atom stereocenters. The fraction of sp³-hybridized carbons (Fsp3) is 0. The van der Waals surface area contributed by atoms with Crippen LogP contribution in [-0.2, 0) is 10.0 Å². The van der Waals surface area contributed by atoms with Crippen LogP contribution in [0.3, 0.4) is 0 Å². The highest BCUT2D eigenvalue weighted by atomic mass is 35.5. The van der Waals surface area contributed by atoms with E-state index in [0.29, 0.717) is 0 Å². The largest absolute Gasteiger partial charge is 0.280 e. The van der Waals surface area contributed by atoms with Crippen molar-refractivity contribution in [1.29, 1.82) is 0 Å². The molecule has 0 aliphatic heterocycles. The lowest BCUT2D eigenvalue weighted by Gasteiger charge is -2.11. The molecule has 0 aromatic heterocycles. The van der Waals surface area contributed by atoms with E-state index < -0.39 is 27.7 Å². The minimum absolute atomic E-state index is 0.00330. The third kappa shape index (κ3) is 5.13. The van der Waals surface area contributed by atoms with Gasteiger partial charge >= 0.3 is 0 Å². The molecule has 0 saturated heterocycles. The number of anilines is 1. The molecule has 10 heteroatoms. The number of hydrazine groups is 1. The van der Waals surface area contributed by atoms with Crippen LogP contribution in [0, 0.1) is 5.82 Å². The van der Waals surface area contributed by atoms with Gasteiger partial charge in [-0.05, 0) is 54.6 Å². The van der Waals surface area contributed by atoms with Crippen LogP contribution in [0.4, 0.5) is 10.1 Å². The Kier molecular flexibility index (Phi) is 6.34. The molecular weight excluding hydrogens is 433 g/mol. The van der Waals surface area contributed by atoms with Crippen LogP contribution >= 0.6 is 11.6 Å². The van der Waals surface area contributed by atoms with Gasteiger partial charge in [0.05, 0.1) is 15.5 Å². The summed E-state index contributed by atoms with van der Waals surface area (Å²) in [5.74, 6) is -1.86. The molecular formula is C20H15ClFN3O4S. The standard InChI is InChI=1S/C20H15ClFN3O4S/c21-18-7-2-1-6-17(18)20(27)24-23-19(26)13-4-3-5-16(12-13)30(28,29)25-15-10-8-14(22)9-11-15/h1-12,25H,(H,23,26)(H,24,27). The summed E-state index contributed by atoms with van der Waals surface area (Å²) in [5, 5.41) is 0.212. The number of benzene rings is 3. The molecule has 3 aromatic rings. The van der Waals surface area contributed by atoms with E-state index in [0.717, 1.165) is 18.2 Å². The molecule has 3 rings (SSSR count). The Morgan fingerprint density at radius 3 is 2.20 bits per heavy atom. The molecule has 3 N–H and O–H groups in total. The average molecular weight is 448 g/mol. The fourth-order valence-electron chi connectivity index (χ4n) is 2.43. The Balaban J connectivity index is 1.71. The van der Waals surface area contributed by atoms with Gasteiger partial charge < -0.3 is 0 Å². The Morgan fingerprint density at radius 1 is 0.833 bits per heavy atom. The topological polar surface area (TPSA) is 104 Å². The molecule has 0 heterocycles. The van der Waals surface area contributed by atoms with E-state index >= 15 is 0 Å². The van der Waals surface area contributed by atoms with Crippen molar-refractivity contribution in [2.45, 2.75) is 4.90 Å². The predicted molar refractivity (Wildman–Crippen MR) is 110 cm³/mol. The molecule has 0 aliphatic rings.